The standard InChI is InChI=1S/C18H18BrN3O4S2/c1-2-26-16-7-6-13(11-15(16)19)22-28(24,25)14-5-3-4-12(10-14)17(23)21-18-20-8-9-27-18/h3-7,10-11,22H,2,8-9H2,1H3,(H,20,21,23). The molecule has 1 amide bonds. The van der Waals surface area contributed by atoms with Crippen molar-refractivity contribution < 1.29 is 17.9 Å². The molecule has 0 radical (unpaired) electrons. The quantitative estimate of drug-likeness (QED) is 0.655. The maximum atomic E-state index is 12.7. The number of hydrogen-bond acceptors (Lipinski definition) is 6. The maximum absolute atomic E-state index is 12.7. The lowest BCUT2D eigenvalue weighted by Gasteiger charge is -2.12. The van der Waals surface area contributed by atoms with Gasteiger partial charge < -0.3 is 10.1 Å². The van der Waals surface area contributed by atoms with E-state index >= 15 is 0 Å². The second-order valence-corrected chi connectivity index (χ2v) is 9.32. The smallest absolute Gasteiger partial charge is 0.261 e. The van der Waals surface area contributed by atoms with Crippen molar-refractivity contribution in [2.45, 2.75) is 11.8 Å². The fourth-order valence-corrected chi connectivity index (χ4v) is 4.75. The number of ether oxygens (including phenoxy) is 1. The molecule has 1 aliphatic rings. The summed E-state index contributed by atoms with van der Waals surface area (Å²) in [6.45, 7) is 3.03. The second-order valence-electron chi connectivity index (χ2n) is 5.70. The van der Waals surface area contributed by atoms with Crippen LogP contribution in [0.25, 0.3) is 0 Å². The van der Waals surface area contributed by atoms with Crippen molar-refractivity contribution in [1.29, 1.82) is 0 Å². The molecule has 0 bridgehead atoms. The first-order valence-electron chi connectivity index (χ1n) is 8.43. The van der Waals surface area contributed by atoms with Crippen LogP contribution in [0.2, 0.25) is 0 Å². The van der Waals surface area contributed by atoms with Crippen LogP contribution in [0.4, 0.5) is 5.69 Å². The minimum atomic E-state index is -3.87. The van der Waals surface area contributed by atoms with Crippen molar-refractivity contribution in [3.63, 3.8) is 0 Å². The van der Waals surface area contributed by atoms with Crippen LogP contribution >= 0.6 is 27.7 Å². The van der Waals surface area contributed by atoms with Crippen LogP contribution in [-0.2, 0) is 10.0 Å². The lowest BCUT2D eigenvalue weighted by Crippen LogP contribution is -2.27. The van der Waals surface area contributed by atoms with Gasteiger partial charge in [0.1, 0.15) is 5.75 Å². The van der Waals surface area contributed by atoms with Crippen LogP contribution < -0.4 is 14.8 Å². The zero-order valence-corrected chi connectivity index (χ0v) is 18.2. The predicted octanol–water partition coefficient (Wildman–Crippen LogP) is 3.48. The molecule has 2 aromatic carbocycles. The zero-order valence-electron chi connectivity index (χ0n) is 14.9. The van der Waals surface area contributed by atoms with Crippen molar-refractivity contribution >= 4 is 54.5 Å². The summed E-state index contributed by atoms with van der Waals surface area (Å²) in [5.41, 5.74) is 0.618. The lowest BCUT2D eigenvalue weighted by atomic mass is 10.2. The highest BCUT2D eigenvalue weighted by molar-refractivity contribution is 9.10. The van der Waals surface area contributed by atoms with Gasteiger partial charge in [-0.2, -0.15) is 0 Å². The first-order valence-corrected chi connectivity index (χ1v) is 11.7. The van der Waals surface area contributed by atoms with Crippen molar-refractivity contribution in [3.8, 4) is 5.75 Å². The van der Waals surface area contributed by atoms with E-state index in [1.54, 1.807) is 24.3 Å². The number of amides is 1. The van der Waals surface area contributed by atoms with Crippen LogP contribution in [0, 0.1) is 0 Å². The Kier molecular flexibility index (Phi) is 6.63. The Morgan fingerprint density at radius 3 is 2.79 bits per heavy atom. The van der Waals surface area contributed by atoms with E-state index in [1.807, 2.05) is 6.92 Å². The molecule has 10 heteroatoms. The Labute approximate surface area is 176 Å². The molecule has 0 aromatic heterocycles. The van der Waals surface area contributed by atoms with Gasteiger partial charge >= 0.3 is 0 Å². The number of nitrogens with one attached hydrogen (secondary N) is 2. The highest BCUT2D eigenvalue weighted by Crippen LogP contribution is 2.29. The van der Waals surface area contributed by atoms with Crippen LogP contribution in [0.5, 0.6) is 5.75 Å². The topological polar surface area (TPSA) is 96.9 Å². The summed E-state index contributed by atoms with van der Waals surface area (Å²) in [5, 5.41) is 3.24. The van der Waals surface area contributed by atoms with E-state index in [-0.39, 0.29) is 10.5 Å². The van der Waals surface area contributed by atoms with Crippen LogP contribution in [0.15, 0.2) is 56.8 Å². The Bertz CT molecular complexity index is 1030. The monoisotopic (exact) mass is 483 g/mol. The van der Waals surface area contributed by atoms with E-state index in [0.717, 1.165) is 5.75 Å². The minimum Gasteiger partial charge on any atom is -0.493 e. The molecule has 148 valence electrons. The molecule has 0 unspecified atom stereocenters. The highest BCUT2D eigenvalue weighted by atomic mass is 79.9. The molecule has 28 heavy (non-hydrogen) atoms. The van der Waals surface area contributed by atoms with Crippen molar-refractivity contribution in [3.05, 3.63) is 52.5 Å². The number of hydrogen-bond donors (Lipinski definition) is 2. The minimum absolute atomic E-state index is 0.00818. The number of rotatable bonds is 6. The number of nitrogens with zero attached hydrogens (tertiary/aromatic N) is 1. The van der Waals surface area contributed by atoms with Gasteiger partial charge in [0.2, 0.25) is 0 Å². The number of sulfonamides is 1. The molecule has 1 heterocycles. The summed E-state index contributed by atoms with van der Waals surface area (Å²) >= 11 is 4.81. The predicted molar refractivity (Wildman–Crippen MR) is 115 cm³/mol. The molecule has 3 rings (SSSR count). The summed E-state index contributed by atoms with van der Waals surface area (Å²) in [5.74, 6) is 1.05. The van der Waals surface area contributed by atoms with E-state index in [2.05, 4.69) is 31.0 Å². The summed E-state index contributed by atoms with van der Waals surface area (Å²) in [7, 11) is -3.87. The van der Waals surface area contributed by atoms with E-state index in [9.17, 15) is 13.2 Å². The summed E-state index contributed by atoms with van der Waals surface area (Å²) in [6, 6.07) is 10.8. The van der Waals surface area contributed by atoms with Crippen LogP contribution in [0.3, 0.4) is 0 Å². The second kappa shape index (κ2) is 8.97. The van der Waals surface area contributed by atoms with Crippen LogP contribution in [0.1, 0.15) is 17.3 Å². The Balaban J connectivity index is 1.78. The fraction of sp³-hybridized carbons (Fsp3) is 0.222. The first-order chi connectivity index (χ1) is 13.4. The van der Waals surface area contributed by atoms with Crippen molar-refractivity contribution in [2.75, 3.05) is 23.6 Å². The third kappa shape index (κ3) is 5.06. The van der Waals surface area contributed by atoms with Gasteiger partial charge in [-0.05, 0) is 59.3 Å². The molecule has 1 aliphatic heterocycles. The number of aliphatic imine (C=N–C) groups is 1. The average Bonchev–Trinajstić information content (AvgIpc) is 3.17. The molecular formula is C18H18BrN3O4S2. The highest BCUT2D eigenvalue weighted by Gasteiger charge is 2.18. The Morgan fingerprint density at radius 2 is 2.11 bits per heavy atom. The molecule has 0 saturated carbocycles. The lowest BCUT2D eigenvalue weighted by molar-refractivity contribution is 0.0977. The third-order valence-electron chi connectivity index (χ3n) is 3.70. The number of carbonyl (C=O) groups excluding carboxylic acids is 1. The van der Waals surface area contributed by atoms with E-state index < -0.39 is 15.9 Å². The average molecular weight is 484 g/mol. The van der Waals surface area contributed by atoms with Gasteiger partial charge in [-0.15, -0.1) is 0 Å². The number of anilines is 1. The van der Waals surface area contributed by atoms with Crippen molar-refractivity contribution in [1.82, 2.24) is 5.32 Å². The van der Waals surface area contributed by atoms with E-state index in [1.165, 1.54) is 30.0 Å². The van der Waals surface area contributed by atoms with Gasteiger partial charge in [-0.3, -0.25) is 14.5 Å². The molecule has 0 aliphatic carbocycles. The normalized spacial score (nSPS) is 13.7. The first kappa shape index (κ1) is 20.7. The zero-order chi connectivity index (χ0) is 20.1. The number of halogens is 1. The molecular weight excluding hydrogens is 466 g/mol. The van der Waals surface area contributed by atoms with E-state index in [0.29, 0.717) is 34.2 Å². The molecule has 0 atom stereocenters. The fourth-order valence-electron chi connectivity index (χ4n) is 2.44. The van der Waals surface area contributed by atoms with Gasteiger partial charge in [0.05, 0.1) is 28.2 Å². The Hall–Kier alpha value is -2.04. The molecule has 7 nitrogen and oxygen atoms in total. The van der Waals surface area contributed by atoms with E-state index in [4.69, 9.17) is 4.74 Å². The summed E-state index contributed by atoms with van der Waals surface area (Å²) in [6.07, 6.45) is 0. The summed E-state index contributed by atoms with van der Waals surface area (Å²) < 4.78 is 34.0. The molecule has 0 spiro atoms. The summed E-state index contributed by atoms with van der Waals surface area (Å²) in [4.78, 5) is 16.5. The van der Waals surface area contributed by atoms with Gasteiger partial charge in [0.15, 0.2) is 5.17 Å². The van der Waals surface area contributed by atoms with Gasteiger partial charge in [-0.1, -0.05) is 17.8 Å². The molecule has 0 saturated heterocycles. The maximum Gasteiger partial charge on any atom is 0.261 e. The van der Waals surface area contributed by atoms with Gasteiger partial charge in [0, 0.05) is 11.3 Å². The number of thioether (sulfide) groups is 1. The largest absolute Gasteiger partial charge is 0.493 e. The van der Waals surface area contributed by atoms with Gasteiger partial charge in [0.25, 0.3) is 15.9 Å². The SMILES string of the molecule is CCOc1ccc(NS(=O)(=O)c2cccc(C(=O)NC3=NCCS3)c2)cc1Br. The molecule has 2 N–H and O–H groups in total. The molecule has 2 aromatic rings. The third-order valence-corrected chi connectivity index (χ3v) is 6.59. The van der Waals surface area contributed by atoms with Crippen molar-refractivity contribution in [2.24, 2.45) is 4.99 Å². The van der Waals surface area contributed by atoms with Gasteiger partial charge in [-0.25, -0.2) is 8.42 Å². The number of benzene rings is 2. The number of amidine groups is 1. The molecule has 0 fully saturated rings. The van der Waals surface area contributed by atoms with Crippen LogP contribution in [-0.4, -0.2) is 38.4 Å². The Morgan fingerprint density at radius 1 is 1.29 bits per heavy atom. The number of carbonyl (C=O) groups is 1.